The van der Waals surface area contributed by atoms with Gasteiger partial charge in [0.1, 0.15) is 17.3 Å². The van der Waals surface area contributed by atoms with Gasteiger partial charge in [-0.2, -0.15) is 5.26 Å². The van der Waals surface area contributed by atoms with Crippen molar-refractivity contribution in [3.63, 3.8) is 0 Å². The molecule has 0 spiro atoms. The average molecular weight is 403 g/mol. The number of para-hydroxylation sites is 2. The largest absolute Gasteiger partial charge is 0.315 e. The highest BCUT2D eigenvalue weighted by Crippen LogP contribution is 2.21. The van der Waals surface area contributed by atoms with Crippen molar-refractivity contribution in [1.29, 1.82) is 5.26 Å². The van der Waals surface area contributed by atoms with Crippen LogP contribution in [0.1, 0.15) is 11.3 Å². The molecule has 0 aliphatic heterocycles. The van der Waals surface area contributed by atoms with Crippen LogP contribution in [0.25, 0.3) is 11.8 Å². The molecule has 1 heterocycles. The van der Waals surface area contributed by atoms with Crippen LogP contribution in [-0.4, -0.2) is 20.2 Å². The Bertz CT molecular complexity index is 1260. The zero-order valence-electron chi connectivity index (χ0n) is 16.2. The number of carbonyl (C=O) groups excluding carboxylic acids is 1. The third-order valence-corrected chi connectivity index (χ3v) is 4.59. The second-order valence-electron chi connectivity index (χ2n) is 6.38. The lowest BCUT2D eigenvalue weighted by atomic mass is 10.1. The van der Waals surface area contributed by atoms with E-state index in [1.165, 1.54) is 22.9 Å². The molecular weight excluding hydrogens is 386 g/mol. The molecule has 0 saturated carbocycles. The number of nitriles is 1. The van der Waals surface area contributed by atoms with E-state index in [2.05, 4.69) is 5.32 Å². The summed E-state index contributed by atoms with van der Waals surface area (Å²) in [5.41, 5.74) is 0.177. The van der Waals surface area contributed by atoms with Crippen LogP contribution in [0.5, 0.6) is 0 Å². The van der Waals surface area contributed by atoms with Crippen molar-refractivity contribution in [2.45, 2.75) is 6.92 Å². The van der Waals surface area contributed by atoms with E-state index in [0.29, 0.717) is 11.4 Å². The van der Waals surface area contributed by atoms with Crippen LogP contribution < -0.4 is 10.9 Å². The Morgan fingerprint density at radius 1 is 1.17 bits per heavy atom. The van der Waals surface area contributed by atoms with Crippen LogP contribution in [0, 0.1) is 28.4 Å². The molecule has 0 aliphatic rings. The first-order chi connectivity index (χ1) is 14.3. The second kappa shape index (κ2) is 8.28. The van der Waals surface area contributed by atoms with E-state index in [4.69, 9.17) is 0 Å². The molecule has 0 bridgehead atoms. The number of benzene rings is 2. The summed E-state index contributed by atoms with van der Waals surface area (Å²) in [4.78, 5) is 36.1. The van der Waals surface area contributed by atoms with E-state index in [0.717, 1.165) is 6.08 Å². The molecule has 1 N–H and O–H groups in total. The highest BCUT2D eigenvalue weighted by Gasteiger charge is 2.21. The number of aromatic nitrogens is 2. The molecule has 3 aromatic rings. The number of carbonyl (C=O) groups is 1. The summed E-state index contributed by atoms with van der Waals surface area (Å²) >= 11 is 0. The highest BCUT2D eigenvalue weighted by atomic mass is 16.6. The number of hydrogen-bond acceptors (Lipinski definition) is 5. The maximum Gasteiger partial charge on any atom is 0.295 e. The minimum absolute atomic E-state index is 0.0232. The van der Waals surface area contributed by atoms with E-state index < -0.39 is 16.4 Å². The number of nitrogens with zero attached hydrogens (tertiary/aromatic N) is 4. The topological polar surface area (TPSA) is 123 Å². The van der Waals surface area contributed by atoms with Crippen molar-refractivity contribution in [3.05, 3.63) is 91.9 Å². The first kappa shape index (κ1) is 20.3. The van der Waals surface area contributed by atoms with Crippen molar-refractivity contribution < 1.29 is 9.72 Å². The fourth-order valence-corrected chi connectivity index (χ4v) is 2.97. The number of nitro groups is 1. The fraction of sp³-hybridized carbons (Fsp3) is 0.0952. The van der Waals surface area contributed by atoms with Gasteiger partial charge in [0.2, 0.25) is 0 Å². The van der Waals surface area contributed by atoms with Crippen molar-refractivity contribution >= 4 is 23.4 Å². The van der Waals surface area contributed by atoms with Gasteiger partial charge in [-0.15, -0.1) is 0 Å². The molecule has 30 heavy (non-hydrogen) atoms. The molecule has 150 valence electrons. The number of anilines is 1. The Balaban J connectivity index is 1.99. The highest BCUT2D eigenvalue weighted by molar-refractivity contribution is 6.10. The van der Waals surface area contributed by atoms with Crippen LogP contribution in [0.3, 0.4) is 0 Å². The molecule has 0 saturated heterocycles. The van der Waals surface area contributed by atoms with Crippen molar-refractivity contribution in [2.24, 2.45) is 7.05 Å². The standard InChI is InChI=1S/C21H17N5O4/c1-14-19(21(28)25(24(14)2)17-9-4-3-5-10-17)23-20(27)16(13-22)12-15-8-6-7-11-18(15)26(29)30/h3-12H,1-2H3,(H,23,27)/b16-12+. The van der Waals surface area contributed by atoms with Gasteiger partial charge >= 0.3 is 0 Å². The summed E-state index contributed by atoms with van der Waals surface area (Å²) in [6.07, 6.45) is 1.13. The Morgan fingerprint density at radius 2 is 1.80 bits per heavy atom. The monoisotopic (exact) mass is 403 g/mol. The summed E-state index contributed by atoms with van der Waals surface area (Å²) in [6.45, 7) is 1.66. The lowest BCUT2D eigenvalue weighted by Crippen LogP contribution is -2.23. The zero-order valence-corrected chi connectivity index (χ0v) is 16.2. The Hall–Kier alpha value is -4.45. The number of nitrogens with one attached hydrogen (secondary N) is 1. The van der Waals surface area contributed by atoms with Crippen LogP contribution in [0.2, 0.25) is 0 Å². The van der Waals surface area contributed by atoms with Crippen molar-refractivity contribution in [3.8, 4) is 11.8 Å². The molecule has 1 amide bonds. The first-order valence-electron chi connectivity index (χ1n) is 8.85. The average Bonchev–Trinajstić information content (AvgIpc) is 2.95. The van der Waals surface area contributed by atoms with Gasteiger partial charge in [0.05, 0.1) is 21.9 Å². The smallest absolute Gasteiger partial charge is 0.295 e. The second-order valence-corrected chi connectivity index (χ2v) is 6.38. The van der Waals surface area contributed by atoms with Crippen LogP contribution in [0.4, 0.5) is 11.4 Å². The third-order valence-electron chi connectivity index (χ3n) is 4.59. The van der Waals surface area contributed by atoms with Gasteiger partial charge in [0, 0.05) is 13.1 Å². The van der Waals surface area contributed by atoms with Crippen LogP contribution in [0.15, 0.2) is 65.0 Å². The summed E-state index contributed by atoms with van der Waals surface area (Å²) in [5.74, 6) is -0.832. The molecule has 0 unspecified atom stereocenters. The number of nitro benzene ring substituents is 1. The Morgan fingerprint density at radius 3 is 2.43 bits per heavy atom. The molecular formula is C21H17N5O4. The van der Waals surface area contributed by atoms with Crippen molar-refractivity contribution in [2.75, 3.05) is 5.32 Å². The summed E-state index contributed by atoms with van der Waals surface area (Å²) in [7, 11) is 1.67. The number of rotatable bonds is 5. The van der Waals surface area contributed by atoms with E-state index in [1.54, 1.807) is 55.1 Å². The zero-order chi connectivity index (χ0) is 21.8. The molecule has 0 aliphatic carbocycles. The van der Waals surface area contributed by atoms with Gasteiger partial charge in [-0.05, 0) is 31.2 Å². The Labute approximate surface area is 171 Å². The lowest BCUT2D eigenvalue weighted by Gasteiger charge is -2.07. The molecule has 9 nitrogen and oxygen atoms in total. The maximum absolute atomic E-state index is 12.9. The first-order valence-corrected chi connectivity index (χ1v) is 8.85. The van der Waals surface area contributed by atoms with E-state index >= 15 is 0 Å². The number of amides is 1. The van der Waals surface area contributed by atoms with Gasteiger partial charge < -0.3 is 5.32 Å². The third kappa shape index (κ3) is 3.74. The minimum Gasteiger partial charge on any atom is -0.315 e. The minimum atomic E-state index is -0.832. The molecule has 2 aromatic carbocycles. The van der Waals surface area contributed by atoms with Crippen LogP contribution >= 0.6 is 0 Å². The van der Waals surface area contributed by atoms with E-state index in [9.17, 15) is 25.0 Å². The van der Waals surface area contributed by atoms with Gasteiger partial charge in [-0.3, -0.25) is 24.4 Å². The van der Waals surface area contributed by atoms with Crippen molar-refractivity contribution in [1.82, 2.24) is 9.36 Å². The summed E-state index contributed by atoms with van der Waals surface area (Å²) < 4.78 is 2.98. The van der Waals surface area contributed by atoms with Crippen LogP contribution in [-0.2, 0) is 11.8 Å². The quantitative estimate of drug-likeness (QED) is 0.304. The molecule has 0 atom stereocenters. The molecule has 1 aromatic heterocycles. The van der Waals surface area contributed by atoms with Gasteiger partial charge in [0.15, 0.2) is 0 Å². The summed E-state index contributed by atoms with van der Waals surface area (Å²) in [6, 6.07) is 16.4. The van der Waals surface area contributed by atoms with Gasteiger partial charge in [0.25, 0.3) is 17.2 Å². The Kier molecular flexibility index (Phi) is 5.60. The summed E-state index contributed by atoms with van der Waals surface area (Å²) in [5, 5.41) is 23.0. The molecule has 0 radical (unpaired) electrons. The predicted molar refractivity (Wildman–Crippen MR) is 111 cm³/mol. The molecule has 3 rings (SSSR count). The molecule has 0 fully saturated rings. The van der Waals surface area contributed by atoms with Gasteiger partial charge in [-0.1, -0.05) is 30.3 Å². The van der Waals surface area contributed by atoms with Gasteiger partial charge in [-0.25, -0.2) is 4.68 Å². The molecule has 9 heteroatoms. The predicted octanol–water partition coefficient (Wildman–Crippen LogP) is 2.94. The normalized spacial score (nSPS) is 11.0. The van der Waals surface area contributed by atoms with E-state index in [1.807, 2.05) is 6.07 Å². The SMILES string of the molecule is Cc1c(NC(=O)/C(C#N)=C/c2ccccc2[N+](=O)[O-])c(=O)n(-c2ccccc2)n1C. The maximum atomic E-state index is 12.9. The van der Waals surface area contributed by atoms with E-state index in [-0.39, 0.29) is 22.5 Å². The fourth-order valence-electron chi connectivity index (χ4n) is 2.97. The lowest BCUT2D eigenvalue weighted by molar-refractivity contribution is -0.385. The number of hydrogen-bond donors (Lipinski definition) is 1.